The Kier molecular flexibility index (Phi) is 4.19. The van der Waals surface area contributed by atoms with E-state index < -0.39 is 5.97 Å². The summed E-state index contributed by atoms with van der Waals surface area (Å²) >= 11 is 1.29. The molecule has 19 heavy (non-hydrogen) atoms. The number of carbonyl (C=O) groups is 2. The molecule has 0 spiro atoms. The number of hydrogen-bond acceptors (Lipinski definition) is 6. The van der Waals surface area contributed by atoms with Gasteiger partial charge in [0.2, 0.25) is 0 Å². The Morgan fingerprint density at radius 2 is 2.26 bits per heavy atom. The van der Waals surface area contributed by atoms with Gasteiger partial charge in [-0.3, -0.25) is 4.79 Å². The van der Waals surface area contributed by atoms with E-state index in [0.29, 0.717) is 10.9 Å². The molecule has 0 N–H and O–H groups in total. The second-order valence-electron chi connectivity index (χ2n) is 4.62. The summed E-state index contributed by atoms with van der Waals surface area (Å²) in [5.41, 5.74) is 0.150. The van der Waals surface area contributed by atoms with E-state index in [1.807, 2.05) is 0 Å². The Morgan fingerprint density at radius 3 is 2.84 bits per heavy atom. The lowest BCUT2D eigenvalue weighted by Crippen LogP contribution is -2.28. The molecule has 1 fully saturated rings. The molecular weight excluding hydrogens is 264 g/mol. The maximum Gasteiger partial charge on any atom is 0.358 e. The molecule has 1 aliphatic rings. The number of esters is 1. The van der Waals surface area contributed by atoms with E-state index in [0.717, 1.165) is 30.9 Å². The van der Waals surface area contributed by atoms with E-state index in [-0.39, 0.29) is 11.5 Å². The number of rotatable bonds is 4. The van der Waals surface area contributed by atoms with E-state index >= 15 is 0 Å². The summed E-state index contributed by atoms with van der Waals surface area (Å²) < 4.78 is 4.69. The third kappa shape index (κ3) is 2.63. The Morgan fingerprint density at radius 1 is 1.53 bits per heavy atom. The van der Waals surface area contributed by atoms with Crippen LogP contribution >= 0.6 is 11.3 Å². The number of anilines is 1. The monoisotopic (exact) mass is 282 g/mol. The molecule has 2 rings (SSSR count). The molecule has 1 aromatic heterocycles. The van der Waals surface area contributed by atoms with Gasteiger partial charge in [-0.2, -0.15) is 0 Å². The summed E-state index contributed by atoms with van der Waals surface area (Å²) in [5, 5.41) is 0.759. The summed E-state index contributed by atoms with van der Waals surface area (Å²) in [6.45, 7) is 4.53. The van der Waals surface area contributed by atoms with Crippen LogP contribution in [0.1, 0.15) is 53.3 Å². The molecule has 6 heteroatoms. The van der Waals surface area contributed by atoms with Gasteiger partial charge in [0.1, 0.15) is 4.88 Å². The number of ketones is 1. The van der Waals surface area contributed by atoms with Crippen LogP contribution in [-0.2, 0) is 4.74 Å². The number of hydrogen-bond donors (Lipinski definition) is 0. The minimum atomic E-state index is -0.542. The average Bonchev–Trinajstić information content (AvgIpc) is 3.03. The first-order chi connectivity index (χ1) is 9.08. The molecule has 1 atom stereocenters. The third-order valence-electron chi connectivity index (χ3n) is 3.41. The van der Waals surface area contributed by atoms with Gasteiger partial charge < -0.3 is 9.64 Å². The Labute approximate surface area is 116 Å². The first-order valence-electron chi connectivity index (χ1n) is 6.45. The van der Waals surface area contributed by atoms with Gasteiger partial charge in [0.25, 0.3) is 0 Å². The standard InChI is InChI=1S/C13H18N2O3S/c1-4-9-6-5-7-15(9)13-14-10(12(17)18-3)11(19-13)8(2)16/h9H,4-7H2,1-3H3. The van der Waals surface area contributed by atoms with Crippen molar-refractivity contribution in [3.8, 4) is 0 Å². The summed E-state index contributed by atoms with van der Waals surface area (Å²) in [5.74, 6) is -0.684. The lowest BCUT2D eigenvalue weighted by molar-refractivity contribution is 0.0591. The van der Waals surface area contributed by atoms with Gasteiger partial charge in [0.15, 0.2) is 16.6 Å². The maximum atomic E-state index is 11.7. The fourth-order valence-corrected chi connectivity index (χ4v) is 3.46. The smallest absolute Gasteiger partial charge is 0.358 e. The molecule has 5 nitrogen and oxygen atoms in total. The zero-order valence-electron chi connectivity index (χ0n) is 11.4. The van der Waals surface area contributed by atoms with Crippen molar-refractivity contribution >= 4 is 28.2 Å². The molecule has 104 valence electrons. The topological polar surface area (TPSA) is 59.5 Å². The Balaban J connectivity index is 2.37. The molecule has 1 unspecified atom stereocenters. The van der Waals surface area contributed by atoms with Gasteiger partial charge in [0, 0.05) is 19.5 Å². The quantitative estimate of drug-likeness (QED) is 0.627. The highest BCUT2D eigenvalue weighted by Gasteiger charge is 2.29. The van der Waals surface area contributed by atoms with Crippen LogP contribution < -0.4 is 4.90 Å². The fraction of sp³-hybridized carbons (Fsp3) is 0.615. The summed E-state index contributed by atoms with van der Waals surface area (Å²) in [7, 11) is 1.30. The molecule has 1 saturated heterocycles. The molecule has 1 aromatic rings. The van der Waals surface area contributed by atoms with Crippen LogP contribution in [0, 0.1) is 0 Å². The highest BCUT2D eigenvalue weighted by atomic mass is 32.1. The number of aromatic nitrogens is 1. The normalized spacial score (nSPS) is 18.7. The number of nitrogens with zero attached hydrogens (tertiary/aromatic N) is 2. The van der Waals surface area contributed by atoms with E-state index in [2.05, 4.69) is 16.8 Å². The van der Waals surface area contributed by atoms with Crippen molar-refractivity contribution in [2.75, 3.05) is 18.6 Å². The summed E-state index contributed by atoms with van der Waals surface area (Å²) in [6.07, 6.45) is 3.31. The molecule has 0 aromatic carbocycles. The van der Waals surface area contributed by atoms with Crippen LogP contribution in [0.2, 0.25) is 0 Å². The molecule has 0 amide bonds. The predicted molar refractivity (Wildman–Crippen MR) is 74.1 cm³/mol. The fourth-order valence-electron chi connectivity index (χ4n) is 2.42. The van der Waals surface area contributed by atoms with E-state index in [4.69, 9.17) is 4.74 Å². The minimum absolute atomic E-state index is 0.142. The average molecular weight is 282 g/mol. The van der Waals surface area contributed by atoms with Gasteiger partial charge in [-0.1, -0.05) is 18.3 Å². The largest absolute Gasteiger partial charge is 0.464 e. The van der Waals surface area contributed by atoms with E-state index in [9.17, 15) is 9.59 Å². The van der Waals surface area contributed by atoms with Crippen molar-refractivity contribution in [2.24, 2.45) is 0 Å². The number of carbonyl (C=O) groups excluding carboxylic acids is 2. The zero-order chi connectivity index (χ0) is 14.0. The number of Topliss-reactive ketones (excluding diaryl/α,β-unsaturated/α-hetero) is 1. The molecule has 1 aliphatic heterocycles. The summed E-state index contributed by atoms with van der Waals surface area (Å²) in [6, 6.07) is 0.455. The predicted octanol–water partition coefficient (Wildman–Crippen LogP) is 2.51. The van der Waals surface area contributed by atoms with Crippen LogP contribution in [0.3, 0.4) is 0 Å². The minimum Gasteiger partial charge on any atom is -0.464 e. The van der Waals surface area contributed by atoms with Crippen molar-refractivity contribution in [3.63, 3.8) is 0 Å². The van der Waals surface area contributed by atoms with Crippen molar-refractivity contribution < 1.29 is 14.3 Å². The number of thiazole rings is 1. The van der Waals surface area contributed by atoms with Gasteiger partial charge in [-0.05, 0) is 19.3 Å². The Hall–Kier alpha value is -1.43. The third-order valence-corrected chi connectivity index (χ3v) is 4.60. The van der Waals surface area contributed by atoms with Crippen LogP contribution in [0.25, 0.3) is 0 Å². The molecule has 0 aliphatic carbocycles. The van der Waals surface area contributed by atoms with E-state index in [1.165, 1.54) is 25.4 Å². The molecular formula is C13H18N2O3S. The van der Waals surface area contributed by atoms with Crippen molar-refractivity contribution in [1.82, 2.24) is 4.98 Å². The zero-order valence-corrected chi connectivity index (χ0v) is 12.2. The van der Waals surface area contributed by atoms with Gasteiger partial charge in [-0.25, -0.2) is 9.78 Å². The second kappa shape index (κ2) is 5.69. The molecule has 2 heterocycles. The highest BCUT2D eigenvalue weighted by molar-refractivity contribution is 7.17. The first-order valence-corrected chi connectivity index (χ1v) is 7.26. The van der Waals surface area contributed by atoms with Crippen LogP contribution in [0.4, 0.5) is 5.13 Å². The van der Waals surface area contributed by atoms with Crippen molar-refractivity contribution in [2.45, 2.75) is 39.2 Å². The molecule has 0 bridgehead atoms. The molecule has 0 radical (unpaired) electrons. The first kappa shape index (κ1) is 14.0. The van der Waals surface area contributed by atoms with Crippen molar-refractivity contribution in [1.29, 1.82) is 0 Å². The van der Waals surface area contributed by atoms with Crippen molar-refractivity contribution in [3.05, 3.63) is 10.6 Å². The van der Waals surface area contributed by atoms with Gasteiger partial charge in [0.05, 0.1) is 7.11 Å². The van der Waals surface area contributed by atoms with Gasteiger partial charge >= 0.3 is 5.97 Å². The van der Waals surface area contributed by atoms with Crippen LogP contribution in [-0.4, -0.2) is 36.4 Å². The van der Waals surface area contributed by atoms with Crippen LogP contribution in [0.5, 0.6) is 0 Å². The van der Waals surface area contributed by atoms with E-state index in [1.54, 1.807) is 0 Å². The lowest BCUT2D eigenvalue weighted by atomic mass is 10.2. The second-order valence-corrected chi connectivity index (χ2v) is 5.60. The summed E-state index contributed by atoms with van der Waals surface area (Å²) in [4.78, 5) is 30.2. The number of methoxy groups -OCH3 is 1. The maximum absolute atomic E-state index is 11.7. The number of ether oxygens (including phenoxy) is 1. The SMILES string of the molecule is CCC1CCCN1c1nc(C(=O)OC)c(C(C)=O)s1. The van der Waals surface area contributed by atoms with Crippen LogP contribution in [0.15, 0.2) is 0 Å². The van der Waals surface area contributed by atoms with Gasteiger partial charge in [-0.15, -0.1) is 0 Å². The Bertz CT molecular complexity index is 498. The lowest BCUT2D eigenvalue weighted by Gasteiger charge is -2.22. The molecule has 0 saturated carbocycles. The highest BCUT2D eigenvalue weighted by Crippen LogP contribution is 2.33.